The zero-order chi connectivity index (χ0) is 22.9. The molecule has 0 aliphatic carbocycles. The maximum absolute atomic E-state index is 13.9. The van der Waals surface area contributed by atoms with Crippen molar-refractivity contribution in [3.63, 3.8) is 0 Å². The van der Waals surface area contributed by atoms with Crippen LogP contribution in [0.5, 0.6) is 0 Å². The maximum Gasteiger partial charge on any atom is 0.326 e. The number of amidine groups is 1. The summed E-state index contributed by atoms with van der Waals surface area (Å²) < 4.78 is 0. The zero-order valence-corrected chi connectivity index (χ0v) is 19.6. The van der Waals surface area contributed by atoms with Crippen LogP contribution in [-0.2, 0) is 4.79 Å². The van der Waals surface area contributed by atoms with Crippen LogP contribution in [0, 0.1) is 6.92 Å². The standard InChI is InChI=1S/C25H23ClN4O2S/c1-16-4-2-5-18(14-16)23-22(17-7-9-19(26)10-8-17)28-24(20-6-3-13-33-20)30(23)25(32)29-12-11-27-21(31)15-29/h2-10,13-14,22-23H,11-12,15H2,1H3,(H,27,31). The quantitative estimate of drug-likeness (QED) is 0.587. The van der Waals surface area contributed by atoms with E-state index in [-0.39, 0.29) is 30.6 Å². The van der Waals surface area contributed by atoms with Gasteiger partial charge in [-0.2, -0.15) is 0 Å². The highest BCUT2D eigenvalue weighted by Gasteiger charge is 2.44. The lowest BCUT2D eigenvalue weighted by molar-refractivity contribution is -0.123. The molecule has 1 fully saturated rings. The zero-order valence-electron chi connectivity index (χ0n) is 18.1. The first kappa shape index (κ1) is 21.7. The summed E-state index contributed by atoms with van der Waals surface area (Å²) in [6, 6.07) is 18.9. The van der Waals surface area contributed by atoms with Crippen molar-refractivity contribution >= 4 is 40.7 Å². The number of nitrogens with zero attached hydrogens (tertiary/aromatic N) is 3. The number of hydrogen-bond acceptors (Lipinski definition) is 4. The van der Waals surface area contributed by atoms with E-state index >= 15 is 0 Å². The predicted molar refractivity (Wildman–Crippen MR) is 131 cm³/mol. The molecule has 0 radical (unpaired) electrons. The fourth-order valence-corrected chi connectivity index (χ4v) is 5.23. The molecule has 8 heteroatoms. The molecule has 3 aromatic rings. The topological polar surface area (TPSA) is 65.0 Å². The Balaban J connectivity index is 1.65. The van der Waals surface area contributed by atoms with Gasteiger partial charge in [-0.05, 0) is 41.6 Å². The largest absolute Gasteiger partial charge is 0.353 e. The third-order valence-electron chi connectivity index (χ3n) is 5.92. The van der Waals surface area contributed by atoms with Crippen LogP contribution in [0.1, 0.15) is 33.7 Å². The summed E-state index contributed by atoms with van der Waals surface area (Å²) >= 11 is 7.70. The number of carbonyl (C=O) groups excluding carboxylic acids is 2. The van der Waals surface area contributed by atoms with Gasteiger partial charge < -0.3 is 10.2 Å². The molecule has 33 heavy (non-hydrogen) atoms. The van der Waals surface area contributed by atoms with E-state index in [1.165, 1.54) is 0 Å². The molecule has 1 saturated heterocycles. The molecule has 3 heterocycles. The van der Waals surface area contributed by atoms with Gasteiger partial charge in [0, 0.05) is 18.1 Å². The van der Waals surface area contributed by atoms with E-state index in [0.29, 0.717) is 23.9 Å². The number of thiophene rings is 1. The van der Waals surface area contributed by atoms with Gasteiger partial charge in [-0.25, -0.2) is 4.79 Å². The first-order valence-corrected chi connectivity index (χ1v) is 12.1. The number of benzene rings is 2. The Morgan fingerprint density at radius 2 is 1.94 bits per heavy atom. The van der Waals surface area contributed by atoms with Crippen LogP contribution in [0.25, 0.3) is 0 Å². The van der Waals surface area contributed by atoms with Gasteiger partial charge in [0.1, 0.15) is 12.6 Å². The van der Waals surface area contributed by atoms with Crippen LogP contribution in [0.4, 0.5) is 4.79 Å². The van der Waals surface area contributed by atoms with Crippen molar-refractivity contribution in [2.75, 3.05) is 19.6 Å². The first-order valence-electron chi connectivity index (χ1n) is 10.8. The maximum atomic E-state index is 13.9. The third kappa shape index (κ3) is 4.26. The Morgan fingerprint density at radius 1 is 1.12 bits per heavy atom. The summed E-state index contributed by atoms with van der Waals surface area (Å²) in [6.45, 7) is 2.99. The molecular weight excluding hydrogens is 456 g/mol. The van der Waals surface area contributed by atoms with Crippen LogP contribution in [0.3, 0.4) is 0 Å². The minimum Gasteiger partial charge on any atom is -0.353 e. The SMILES string of the molecule is Cc1cccc(C2C(c3ccc(Cl)cc3)N=C(c3cccs3)N2C(=O)N2CCNC(=O)C2)c1. The minimum absolute atomic E-state index is 0.0409. The van der Waals surface area contributed by atoms with Gasteiger partial charge in [0.2, 0.25) is 5.91 Å². The van der Waals surface area contributed by atoms with E-state index in [4.69, 9.17) is 16.6 Å². The summed E-state index contributed by atoms with van der Waals surface area (Å²) in [5.74, 6) is 0.484. The molecule has 0 bridgehead atoms. The normalized spacial score (nSPS) is 20.5. The van der Waals surface area contributed by atoms with Crippen molar-refractivity contribution in [1.29, 1.82) is 0 Å². The fraction of sp³-hybridized carbons (Fsp3) is 0.240. The second kappa shape index (κ2) is 9.00. The molecule has 0 saturated carbocycles. The molecule has 1 N–H and O–H groups in total. The molecule has 2 atom stereocenters. The molecule has 168 valence electrons. The van der Waals surface area contributed by atoms with Gasteiger partial charge in [0.15, 0.2) is 5.84 Å². The Hall–Kier alpha value is -3.16. The number of urea groups is 1. The number of piperazine rings is 1. The van der Waals surface area contributed by atoms with Crippen molar-refractivity contribution in [1.82, 2.24) is 15.1 Å². The molecule has 3 amide bonds. The molecule has 2 aromatic carbocycles. The second-order valence-electron chi connectivity index (χ2n) is 8.21. The summed E-state index contributed by atoms with van der Waals surface area (Å²) in [5.41, 5.74) is 3.09. The number of aliphatic imine (C=N–C) groups is 1. The molecule has 6 nitrogen and oxygen atoms in total. The Labute approximate surface area is 201 Å². The van der Waals surface area contributed by atoms with Crippen molar-refractivity contribution in [2.45, 2.75) is 19.0 Å². The number of amides is 3. The third-order valence-corrected chi connectivity index (χ3v) is 7.04. The van der Waals surface area contributed by atoms with Gasteiger partial charge in [-0.1, -0.05) is 59.6 Å². The van der Waals surface area contributed by atoms with E-state index in [1.807, 2.05) is 66.9 Å². The van der Waals surface area contributed by atoms with Crippen LogP contribution in [-0.4, -0.2) is 47.2 Å². The van der Waals surface area contributed by atoms with E-state index in [1.54, 1.807) is 21.1 Å². The number of nitrogens with one attached hydrogen (secondary N) is 1. The van der Waals surface area contributed by atoms with Crippen LogP contribution >= 0.6 is 22.9 Å². The Morgan fingerprint density at radius 3 is 2.64 bits per heavy atom. The van der Waals surface area contributed by atoms with Crippen molar-refractivity contribution in [2.24, 2.45) is 4.99 Å². The highest BCUT2D eigenvalue weighted by Crippen LogP contribution is 2.44. The van der Waals surface area contributed by atoms with E-state index in [9.17, 15) is 9.59 Å². The van der Waals surface area contributed by atoms with Crippen molar-refractivity contribution in [3.8, 4) is 0 Å². The van der Waals surface area contributed by atoms with E-state index in [2.05, 4.69) is 11.4 Å². The van der Waals surface area contributed by atoms with Crippen LogP contribution in [0.15, 0.2) is 71.0 Å². The molecule has 2 aliphatic rings. The van der Waals surface area contributed by atoms with Crippen molar-refractivity contribution < 1.29 is 9.59 Å². The number of rotatable bonds is 3. The predicted octanol–water partition coefficient (Wildman–Crippen LogP) is 4.81. The van der Waals surface area contributed by atoms with Gasteiger partial charge in [-0.15, -0.1) is 11.3 Å². The average Bonchev–Trinajstić information content (AvgIpc) is 3.47. The molecule has 2 aliphatic heterocycles. The lowest BCUT2D eigenvalue weighted by atomic mass is 9.93. The lowest BCUT2D eigenvalue weighted by Crippen LogP contribution is -2.55. The number of carbonyl (C=O) groups is 2. The van der Waals surface area contributed by atoms with E-state index < -0.39 is 0 Å². The Kier molecular flexibility index (Phi) is 5.91. The molecule has 5 rings (SSSR count). The highest BCUT2D eigenvalue weighted by molar-refractivity contribution is 7.12. The smallest absolute Gasteiger partial charge is 0.326 e. The van der Waals surface area contributed by atoms with Gasteiger partial charge >= 0.3 is 6.03 Å². The lowest BCUT2D eigenvalue weighted by Gasteiger charge is -2.35. The first-order chi connectivity index (χ1) is 16.0. The number of aryl methyl sites for hydroxylation is 1. The summed E-state index contributed by atoms with van der Waals surface area (Å²) in [6.07, 6.45) is 0. The monoisotopic (exact) mass is 478 g/mol. The summed E-state index contributed by atoms with van der Waals surface area (Å²) in [5, 5.41) is 5.42. The molecular formula is C25H23ClN4O2S. The van der Waals surface area contributed by atoms with Gasteiger partial charge in [-0.3, -0.25) is 14.7 Å². The van der Waals surface area contributed by atoms with Crippen molar-refractivity contribution in [3.05, 3.63) is 92.6 Å². The minimum atomic E-state index is -0.347. The fourth-order valence-electron chi connectivity index (χ4n) is 4.39. The van der Waals surface area contributed by atoms with Crippen LogP contribution < -0.4 is 5.32 Å². The summed E-state index contributed by atoms with van der Waals surface area (Å²) in [4.78, 5) is 35.4. The summed E-state index contributed by atoms with van der Waals surface area (Å²) in [7, 11) is 0. The second-order valence-corrected chi connectivity index (χ2v) is 9.59. The van der Waals surface area contributed by atoms with Gasteiger partial charge in [0.05, 0.1) is 10.9 Å². The number of hydrogen-bond donors (Lipinski definition) is 1. The van der Waals surface area contributed by atoms with Gasteiger partial charge in [0.25, 0.3) is 0 Å². The van der Waals surface area contributed by atoms with E-state index in [0.717, 1.165) is 21.6 Å². The number of halogens is 1. The molecule has 2 unspecified atom stereocenters. The van der Waals surface area contributed by atoms with Crippen LogP contribution in [0.2, 0.25) is 5.02 Å². The Bertz CT molecular complexity index is 1210. The molecule has 1 aromatic heterocycles. The highest BCUT2D eigenvalue weighted by atomic mass is 35.5. The average molecular weight is 479 g/mol. The molecule has 0 spiro atoms.